The fourth-order valence-corrected chi connectivity index (χ4v) is 3.19. The summed E-state index contributed by atoms with van der Waals surface area (Å²) < 4.78 is 11.9. The third-order valence-corrected chi connectivity index (χ3v) is 4.63. The molecule has 0 aliphatic heterocycles. The average Bonchev–Trinajstić information content (AvgIpc) is 3.04. The second kappa shape index (κ2) is 7.85. The standard InChI is InChI=1S/C14H18BrNO2S/c1-11(14-8-12(15)10-19-14)16-5-3-6-17-9-13-4-2-7-18-13/h2,4,7-8,10-11,16H,3,5-6,9H2,1H3. The molecule has 0 radical (unpaired) electrons. The van der Waals surface area contributed by atoms with Crippen LogP contribution >= 0.6 is 27.3 Å². The lowest BCUT2D eigenvalue weighted by Gasteiger charge is -2.11. The molecule has 2 aromatic rings. The molecule has 1 unspecified atom stereocenters. The molecule has 19 heavy (non-hydrogen) atoms. The Bertz CT molecular complexity index is 470. The first-order valence-electron chi connectivity index (χ1n) is 6.33. The molecule has 0 amide bonds. The van der Waals surface area contributed by atoms with Gasteiger partial charge in [-0.15, -0.1) is 11.3 Å². The molecule has 104 valence electrons. The number of hydrogen-bond donors (Lipinski definition) is 1. The van der Waals surface area contributed by atoms with Gasteiger partial charge in [0, 0.05) is 27.4 Å². The lowest BCUT2D eigenvalue weighted by molar-refractivity contribution is 0.104. The van der Waals surface area contributed by atoms with Gasteiger partial charge in [-0.3, -0.25) is 0 Å². The Hall–Kier alpha value is -0.620. The number of ether oxygens (including phenoxy) is 1. The monoisotopic (exact) mass is 343 g/mol. The third-order valence-electron chi connectivity index (χ3n) is 2.75. The summed E-state index contributed by atoms with van der Waals surface area (Å²) in [5.74, 6) is 0.879. The first-order valence-corrected chi connectivity index (χ1v) is 8.00. The molecule has 0 saturated heterocycles. The molecule has 0 aliphatic rings. The SMILES string of the molecule is CC(NCCCOCc1ccco1)c1cc(Br)cs1. The summed E-state index contributed by atoms with van der Waals surface area (Å²) in [4.78, 5) is 1.35. The van der Waals surface area contributed by atoms with Crippen LogP contribution in [0.2, 0.25) is 0 Å². The molecule has 5 heteroatoms. The van der Waals surface area contributed by atoms with Gasteiger partial charge in [0.05, 0.1) is 6.26 Å². The van der Waals surface area contributed by atoms with Gasteiger partial charge < -0.3 is 14.5 Å². The van der Waals surface area contributed by atoms with E-state index in [0.717, 1.165) is 29.8 Å². The molecule has 2 aromatic heterocycles. The largest absolute Gasteiger partial charge is 0.467 e. The van der Waals surface area contributed by atoms with Crippen molar-refractivity contribution in [3.8, 4) is 0 Å². The van der Waals surface area contributed by atoms with E-state index in [-0.39, 0.29) is 0 Å². The number of halogens is 1. The number of thiophene rings is 1. The number of nitrogens with one attached hydrogen (secondary N) is 1. The van der Waals surface area contributed by atoms with Crippen molar-refractivity contribution in [1.29, 1.82) is 0 Å². The maximum Gasteiger partial charge on any atom is 0.129 e. The van der Waals surface area contributed by atoms with E-state index >= 15 is 0 Å². The predicted octanol–water partition coefficient (Wildman–Crippen LogP) is 4.36. The number of rotatable bonds is 8. The van der Waals surface area contributed by atoms with Gasteiger partial charge in [-0.25, -0.2) is 0 Å². The quantitative estimate of drug-likeness (QED) is 0.723. The van der Waals surface area contributed by atoms with E-state index in [1.165, 1.54) is 4.88 Å². The summed E-state index contributed by atoms with van der Waals surface area (Å²) >= 11 is 5.25. The van der Waals surface area contributed by atoms with Crippen molar-refractivity contribution >= 4 is 27.3 Å². The van der Waals surface area contributed by atoms with Crippen LogP contribution in [0.4, 0.5) is 0 Å². The van der Waals surface area contributed by atoms with Crippen molar-refractivity contribution in [2.45, 2.75) is 26.0 Å². The molecule has 1 atom stereocenters. The minimum atomic E-state index is 0.390. The van der Waals surface area contributed by atoms with Gasteiger partial charge in [-0.1, -0.05) is 0 Å². The number of hydrogen-bond acceptors (Lipinski definition) is 4. The molecule has 0 spiro atoms. The zero-order valence-electron chi connectivity index (χ0n) is 10.9. The van der Waals surface area contributed by atoms with Gasteiger partial charge >= 0.3 is 0 Å². The Morgan fingerprint density at radius 1 is 1.53 bits per heavy atom. The van der Waals surface area contributed by atoms with Crippen LogP contribution < -0.4 is 5.32 Å². The summed E-state index contributed by atoms with van der Waals surface area (Å²) in [6.45, 7) is 4.44. The molecule has 0 saturated carbocycles. The summed E-state index contributed by atoms with van der Waals surface area (Å²) in [5.41, 5.74) is 0. The molecule has 0 aliphatic carbocycles. The normalized spacial score (nSPS) is 12.7. The van der Waals surface area contributed by atoms with Crippen LogP contribution in [0.5, 0.6) is 0 Å². The average molecular weight is 344 g/mol. The topological polar surface area (TPSA) is 34.4 Å². The Kier molecular flexibility index (Phi) is 6.10. The van der Waals surface area contributed by atoms with Gasteiger partial charge in [0.15, 0.2) is 0 Å². The second-order valence-electron chi connectivity index (χ2n) is 4.33. The molecule has 0 bridgehead atoms. The molecule has 1 N–H and O–H groups in total. The Balaban J connectivity index is 1.54. The first-order chi connectivity index (χ1) is 9.25. The molecule has 0 fully saturated rings. The van der Waals surface area contributed by atoms with Crippen LogP contribution in [-0.4, -0.2) is 13.2 Å². The maximum absolute atomic E-state index is 5.53. The van der Waals surface area contributed by atoms with Crippen LogP contribution in [0.25, 0.3) is 0 Å². The summed E-state index contributed by atoms with van der Waals surface area (Å²) in [6.07, 6.45) is 2.67. The fraction of sp³-hybridized carbons (Fsp3) is 0.429. The van der Waals surface area contributed by atoms with Crippen LogP contribution in [0.15, 0.2) is 38.7 Å². The van der Waals surface area contributed by atoms with Crippen molar-refractivity contribution in [3.05, 3.63) is 45.0 Å². The third kappa shape index (κ3) is 5.10. The molecular weight excluding hydrogens is 326 g/mol. The smallest absolute Gasteiger partial charge is 0.129 e. The first kappa shape index (κ1) is 14.8. The van der Waals surface area contributed by atoms with Crippen molar-refractivity contribution < 1.29 is 9.15 Å². The lowest BCUT2D eigenvalue weighted by Crippen LogP contribution is -2.20. The van der Waals surface area contributed by atoms with Crippen LogP contribution in [0.3, 0.4) is 0 Å². The highest BCUT2D eigenvalue weighted by molar-refractivity contribution is 9.10. The summed E-state index contributed by atoms with van der Waals surface area (Å²) in [7, 11) is 0. The predicted molar refractivity (Wildman–Crippen MR) is 81.4 cm³/mol. The highest BCUT2D eigenvalue weighted by Gasteiger charge is 2.06. The van der Waals surface area contributed by atoms with Crippen molar-refractivity contribution in [2.24, 2.45) is 0 Å². The van der Waals surface area contributed by atoms with Gasteiger partial charge in [0.2, 0.25) is 0 Å². The van der Waals surface area contributed by atoms with Crippen LogP contribution in [-0.2, 0) is 11.3 Å². The number of furan rings is 1. The Morgan fingerprint density at radius 3 is 3.11 bits per heavy atom. The Morgan fingerprint density at radius 2 is 2.42 bits per heavy atom. The van der Waals surface area contributed by atoms with E-state index in [1.807, 2.05) is 12.1 Å². The van der Waals surface area contributed by atoms with E-state index in [1.54, 1.807) is 17.6 Å². The zero-order chi connectivity index (χ0) is 13.5. The highest BCUT2D eigenvalue weighted by atomic mass is 79.9. The second-order valence-corrected chi connectivity index (χ2v) is 6.19. The van der Waals surface area contributed by atoms with Crippen molar-refractivity contribution in [3.63, 3.8) is 0 Å². The van der Waals surface area contributed by atoms with Crippen molar-refractivity contribution in [2.75, 3.05) is 13.2 Å². The molecule has 0 aromatic carbocycles. The van der Waals surface area contributed by atoms with Gasteiger partial charge in [-0.2, -0.15) is 0 Å². The minimum absolute atomic E-state index is 0.390. The van der Waals surface area contributed by atoms with E-state index in [9.17, 15) is 0 Å². The van der Waals surface area contributed by atoms with Crippen LogP contribution in [0.1, 0.15) is 30.0 Å². The highest BCUT2D eigenvalue weighted by Crippen LogP contribution is 2.25. The van der Waals surface area contributed by atoms with Gasteiger partial charge in [0.1, 0.15) is 12.4 Å². The van der Waals surface area contributed by atoms with Crippen molar-refractivity contribution in [1.82, 2.24) is 5.32 Å². The van der Waals surface area contributed by atoms with E-state index in [4.69, 9.17) is 9.15 Å². The molecule has 2 rings (SSSR count). The van der Waals surface area contributed by atoms with Crippen LogP contribution in [0, 0.1) is 0 Å². The zero-order valence-corrected chi connectivity index (χ0v) is 13.3. The fourth-order valence-electron chi connectivity index (χ4n) is 1.72. The minimum Gasteiger partial charge on any atom is -0.467 e. The van der Waals surface area contributed by atoms with Gasteiger partial charge in [0.25, 0.3) is 0 Å². The lowest BCUT2D eigenvalue weighted by atomic mass is 10.2. The van der Waals surface area contributed by atoms with Gasteiger partial charge in [-0.05, 0) is 54.0 Å². The Labute approximate surface area is 126 Å². The molecular formula is C14H18BrNO2S. The maximum atomic E-state index is 5.53. The van der Waals surface area contributed by atoms with E-state index in [2.05, 4.69) is 39.6 Å². The molecule has 3 nitrogen and oxygen atoms in total. The summed E-state index contributed by atoms with van der Waals surface area (Å²) in [6, 6.07) is 6.35. The van der Waals surface area contributed by atoms with E-state index < -0.39 is 0 Å². The summed E-state index contributed by atoms with van der Waals surface area (Å²) in [5, 5.41) is 5.60. The van der Waals surface area contributed by atoms with E-state index in [0.29, 0.717) is 12.6 Å². The molecule has 2 heterocycles.